The van der Waals surface area contributed by atoms with Crippen molar-refractivity contribution in [1.29, 1.82) is 5.26 Å². The summed E-state index contributed by atoms with van der Waals surface area (Å²) in [7, 11) is 0. The number of nitrogens with two attached hydrogens (primary N) is 1. The zero-order valence-electron chi connectivity index (χ0n) is 12.9. The molecule has 0 saturated carbocycles. The Labute approximate surface area is 143 Å². The highest BCUT2D eigenvalue weighted by Crippen LogP contribution is 2.46. The maximum absolute atomic E-state index is 9.64. The number of benzene rings is 1. The number of aryl methyl sites for hydroxylation is 1. The molecule has 3 heterocycles. The van der Waals surface area contributed by atoms with Gasteiger partial charge < -0.3 is 10.5 Å². The minimum absolute atomic E-state index is 0.111. The third-order valence-electron chi connectivity index (χ3n) is 4.12. The monoisotopic (exact) mass is 334 g/mol. The van der Waals surface area contributed by atoms with E-state index in [0.29, 0.717) is 11.5 Å². The van der Waals surface area contributed by atoms with Crippen LogP contribution in [0, 0.1) is 18.3 Å². The Kier molecular flexibility index (Phi) is 3.36. The van der Waals surface area contributed by atoms with Gasteiger partial charge in [0.15, 0.2) is 0 Å². The molecule has 0 spiro atoms. The largest absolute Gasteiger partial charge is 0.420 e. The summed E-state index contributed by atoms with van der Waals surface area (Å²) < 4.78 is 5.59. The first-order chi connectivity index (χ1) is 11.7. The molecular formula is C18H14N4OS. The van der Waals surface area contributed by atoms with Crippen LogP contribution in [-0.4, -0.2) is 10.2 Å². The molecule has 4 rings (SSSR count). The summed E-state index contributed by atoms with van der Waals surface area (Å²) in [5.74, 6) is 0.246. The summed E-state index contributed by atoms with van der Waals surface area (Å²) in [5, 5.41) is 18.9. The van der Waals surface area contributed by atoms with Crippen molar-refractivity contribution in [2.75, 3.05) is 0 Å². The first-order valence-corrected chi connectivity index (χ1v) is 8.33. The molecule has 1 aliphatic heterocycles. The zero-order valence-corrected chi connectivity index (χ0v) is 13.7. The number of thiophene rings is 1. The smallest absolute Gasteiger partial charge is 0.244 e. The minimum atomic E-state index is -0.296. The SMILES string of the molecule is Cc1ccc([C@@H]2C(C#N)=C(N)Oc3n[nH]c(-c4cccs4)c32)cc1. The summed E-state index contributed by atoms with van der Waals surface area (Å²) in [5.41, 5.74) is 10.3. The lowest BCUT2D eigenvalue weighted by atomic mass is 9.83. The van der Waals surface area contributed by atoms with Crippen molar-refractivity contribution in [1.82, 2.24) is 10.2 Å². The lowest BCUT2D eigenvalue weighted by Crippen LogP contribution is -2.20. The Morgan fingerprint density at radius 1 is 1.29 bits per heavy atom. The molecule has 24 heavy (non-hydrogen) atoms. The van der Waals surface area contributed by atoms with Crippen LogP contribution in [0.3, 0.4) is 0 Å². The minimum Gasteiger partial charge on any atom is -0.420 e. The van der Waals surface area contributed by atoms with Gasteiger partial charge in [-0.1, -0.05) is 35.9 Å². The van der Waals surface area contributed by atoms with Gasteiger partial charge in [0, 0.05) is 0 Å². The molecule has 1 atom stereocenters. The van der Waals surface area contributed by atoms with Crippen molar-refractivity contribution in [3.05, 3.63) is 69.9 Å². The van der Waals surface area contributed by atoms with Gasteiger partial charge in [-0.25, -0.2) is 0 Å². The van der Waals surface area contributed by atoms with Crippen molar-refractivity contribution in [2.45, 2.75) is 12.8 Å². The summed E-state index contributed by atoms with van der Waals surface area (Å²) >= 11 is 1.61. The second-order valence-corrected chi connectivity index (χ2v) is 6.58. The van der Waals surface area contributed by atoms with E-state index < -0.39 is 0 Å². The van der Waals surface area contributed by atoms with Crippen LogP contribution >= 0.6 is 11.3 Å². The molecule has 0 aliphatic carbocycles. The molecule has 0 saturated heterocycles. The fourth-order valence-corrected chi connectivity index (χ4v) is 3.68. The third-order valence-corrected chi connectivity index (χ3v) is 5.00. The van der Waals surface area contributed by atoms with Crippen LogP contribution in [0.2, 0.25) is 0 Å². The molecule has 5 nitrogen and oxygen atoms in total. The standard InChI is InChI=1S/C18H14N4OS/c1-10-4-6-11(7-5-10)14-12(9-19)17(20)23-18-15(14)16(21-22-18)13-3-2-8-24-13/h2-8,14H,20H2,1H3,(H,21,22)/t14-/m1/s1. The van der Waals surface area contributed by atoms with E-state index in [1.807, 2.05) is 48.7 Å². The highest BCUT2D eigenvalue weighted by Gasteiger charge is 2.35. The Morgan fingerprint density at radius 2 is 2.08 bits per heavy atom. The number of nitriles is 1. The Bertz CT molecular complexity index is 962. The lowest BCUT2D eigenvalue weighted by Gasteiger charge is -2.24. The van der Waals surface area contributed by atoms with Gasteiger partial charge in [-0.3, -0.25) is 5.10 Å². The number of aromatic amines is 1. The van der Waals surface area contributed by atoms with Crippen LogP contribution in [0.1, 0.15) is 22.6 Å². The number of hydrogen-bond acceptors (Lipinski definition) is 5. The fraction of sp³-hybridized carbons (Fsp3) is 0.111. The summed E-state index contributed by atoms with van der Waals surface area (Å²) in [6, 6.07) is 14.3. The molecule has 3 N–H and O–H groups in total. The normalized spacial score (nSPS) is 16.4. The number of allylic oxidation sites excluding steroid dienone is 1. The number of H-pyrrole nitrogens is 1. The van der Waals surface area contributed by atoms with Gasteiger partial charge in [-0.05, 0) is 23.9 Å². The van der Waals surface area contributed by atoms with E-state index in [1.54, 1.807) is 11.3 Å². The zero-order chi connectivity index (χ0) is 16.7. The Balaban J connectivity index is 1.95. The first kappa shape index (κ1) is 14.5. The number of fused-ring (bicyclic) bond motifs is 1. The van der Waals surface area contributed by atoms with Crippen LogP contribution in [0.15, 0.2) is 53.2 Å². The van der Waals surface area contributed by atoms with Gasteiger partial charge in [-0.15, -0.1) is 16.4 Å². The molecular weight excluding hydrogens is 320 g/mol. The molecule has 0 bridgehead atoms. The van der Waals surface area contributed by atoms with E-state index in [-0.39, 0.29) is 11.8 Å². The van der Waals surface area contributed by atoms with Crippen LogP contribution in [0.25, 0.3) is 10.6 Å². The van der Waals surface area contributed by atoms with Gasteiger partial charge in [0.1, 0.15) is 11.6 Å². The highest BCUT2D eigenvalue weighted by atomic mass is 32.1. The van der Waals surface area contributed by atoms with Crippen molar-refractivity contribution in [3.8, 4) is 22.5 Å². The third kappa shape index (κ3) is 2.18. The van der Waals surface area contributed by atoms with Crippen LogP contribution in [0.5, 0.6) is 5.88 Å². The number of hydrogen-bond donors (Lipinski definition) is 2. The molecule has 0 radical (unpaired) electrons. The van der Waals surface area contributed by atoms with E-state index in [9.17, 15) is 5.26 Å². The van der Waals surface area contributed by atoms with E-state index in [4.69, 9.17) is 10.5 Å². The highest BCUT2D eigenvalue weighted by molar-refractivity contribution is 7.13. The number of ether oxygens (including phenoxy) is 1. The van der Waals surface area contributed by atoms with E-state index in [0.717, 1.165) is 27.3 Å². The van der Waals surface area contributed by atoms with Gasteiger partial charge >= 0.3 is 0 Å². The lowest BCUT2D eigenvalue weighted by molar-refractivity contribution is 0.379. The molecule has 3 aromatic rings. The Morgan fingerprint density at radius 3 is 2.75 bits per heavy atom. The van der Waals surface area contributed by atoms with Gasteiger partial charge in [0.25, 0.3) is 0 Å². The van der Waals surface area contributed by atoms with Crippen molar-refractivity contribution < 1.29 is 4.74 Å². The molecule has 6 heteroatoms. The van der Waals surface area contributed by atoms with Crippen molar-refractivity contribution >= 4 is 11.3 Å². The van der Waals surface area contributed by atoms with Crippen molar-refractivity contribution in [3.63, 3.8) is 0 Å². The second kappa shape index (κ2) is 5.55. The maximum atomic E-state index is 9.64. The Hall–Kier alpha value is -3.04. The van der Waals surface area contributed by atoms with Crippen molar-refractivity contribution in [2.24, 2.45) is 5.73 Å². The average Bonchev–Trinajstić information content (AvgIpc) is 3.23. The molecule has 0 amide bonds. The molecule has 1 aliphatic rings. The quantitative estimate of drug-likeness (QED) is 0.748. The van der Waals surface area contributed by atoms with Crippen LogP contribution in [-0.2, 0) is 0 Å². The molecule has 0 unspecified atom stereocenters. The topological polar surface area (TPSA) is 87.7 Å². The summed E-state index contributed by atoms with van der Waals surface area (Å²) in [4.78, 5) is 1.04. The van der Waals surface area contributed by atoms with E-state index >= 15 is 0 Å². The average molecular weight is 334 g/mol. The summed E-state index contributed by atoms with van der Waals surface area (Å²) in [6.07, 6.45) is 0. The van der Waals surface area contributed by atoms with E-state index in [2.05, 4.69) is 16.3 Å². The first-order valence-electron chi connectivity index (χ1n) is 7.45. The number of nitrogens with zero attached hydrogens (tertiary/aromatic N) is 2. The predicted molar refractivity (Wildman–Crippen MR) is 92.4 cm³/mol. The summed E-state index contributed by atoms with van der Waals surface area (Å²) in [6.45, 7) is 2.03. The fourth-order valence-electron chi connectivity index (χ4n) is 2.95. The molecule has 118 valence electrons. The number of aromatic nitrogens is 2. The predicted octanol–water partition coefficient (Wildman–Crippen LogP) is 3.66. The molecule has 1 aromatic carbocycles. The number of rotatable bonds is 2. The van der Waals surface area contributed by atoms with Crippen LogP contribution in [0.4, 0.5) is 0 Å². The molecule has 0 fully saturated rings. The maximum Gasteiger partial charge on any atom is 0.244 e. The van der Waals surface area contributed by atoms with Gasteiger partial charge in [-0.2, -0.15) is 5.26 Å². The van der Waals surface area contributed by atoms with E-state index in [1.165, 1.54) is 0 Å². The van der Waals surface area contributed by atoms with Crippen LogP contribution < -0.4 is 10.5 Å². The van der Waals surface area contributed by atoms with Gasteiger partial charge in [0.05, 0.1) is 22.1 Å². The number of nitrogens with one attached hydrogen (secondary N) is 1. The molecule has 2 aromatic heterocycles. The van der Waals surface area contributed by atoms with Gasteiger partial charge in [0.2, 0.25) is 11.8 Å². The second-order valence-electron chi connectivity index (χ2n) is 5.63.